The zero-order chi connectivity index (χ0) is 15.3. The van der Waals surface area contributed by atoms with Gasteiger partial charge in [0.2, 0.25) is 0 Å². The van der Waals surface area contributed by atoms with Crippen molar-refractivity contribution in [3.63, 3.8) is 0 Å². The van der Waals surface area contributed by atoms with Gasteiger partial charge in [0.05, 0.1) is 10.5 Å². The highest BCUT2D eigenvalue weighted by Crippen LogP contribution is 2.29. The first-order valence-electron chi connectivity index (χ1n) is 6.13. The van der Waals surface area contributed by atoms with E-state index in [1.165, 1.54) is 12.1 Å². The van der Waals surface area contributed by atoms with Gasteiger partial charge in [0.1, 0.15) is 4.47 Å². The van der Waals surface area contributed by atoms with E-state index >= 15 is 0 Å². The normalized spacial score (nSPS) is 12.0. The molecular formula is C13H17BrN2O3S. The summed E-state index contributed by atoms with van der Waals surface area (Å²) in [5.41, 5.74) is 0.225. The Morgan fingerprint density at radius 2 is 2.20 bits per heavy atom. The second kappa shape index (κ2) is 7.64. The van der Waals surface area contributed by atoms with Crippen LogP contribution < -0.4 is 0 Å². The van der Waals surface area contributed by atoms with E-state index in [0.29, 0.717) is 5.56 Å². The highest BCUT2D eigenvalue weighted by atomic mass is 79.9. The lowest BCUT2D eigenvalue weighted by molar-refractivity contribution is -0.385. The van der Waals surface area contributed by atoms with Crippen molar-refractivity contribution in [2.75, 3.05) is 19.1 Å². The maximum Gasteiger partial charge on any atom is 0.284 e. The van der Waals surface area contributed by atoms with E-state index in [4.69, 9.17) is 0 Å². The predicted molar refractivity (Wildman–Crippen MR) is 85.4 cm³/mol. The second-order valence-electron chi connectivity index (χ2n) is 4.33. The van der Waals surface area contributed by atoms with Gasteiger partial charge in [-0.15, -0.1) is 0 Å². The fraction of sp³-hybridized carbons (Fsp3) is 0.462. The minimum absolute atomic E-state index is 0.0952. The predicted octanol–water partition coefficient (Wildman–Crippen LogP) is 3.57. The van der Waals surface area contributed by atoms with E-state index in [-0.39, 0.29) is 22.1 Å². The molecular weight excluding hydrogens is 344 g/mol. The molecule has 0 saturated heterocycles. The summed E-state index contributed by atoms with van der Waals surface area (Å²) in [6.07, 6.45) is 2.83. The van der Waals surface area contributed by atoms with Crippen molar-refractivity contribution < 1.29 is 9.72 Å². The van der Waals surface area contributed by atoms with Gasteiger partial charge in [-0.25, -0.2) is 0 Å². The summed E-state index contributed by atoms with van der Waals surface area (Å²) in [5, 5.41) is 10.9. The van der Waals surface area contributed by atoms with Crippen molar-refractivity contribution in [3.8, 4) is 0 Å². The van der Waals surface area contributed by atoms with Crippen LogP contribution in [0, 0.1) is 10.1 Å². The van der Waals surface area contributed by atoms with Gasteiger partial charge in [-0.05, 0) is 34.7 Å². The van der Waals surface area contributed by atoms with Gasteiger partial charge in [-0.2, -0.15) is 11.8 Å². The number of hydrogen-bond acceptors (Lipinski definition) is 4. The Labute approximate surface area is 131 Å². The van der Waals surface area contributed by atoms with Crippen molar-refractivity contribution >= 4 is 39.3 Å². The number of nitro groups is 1. The maximum atomic E-state index is 12.5. The number of carbonyl (C=O) groups excluding carboxylic acids is 1. The molecule has 20 heavy (non-hydrogen) atoms. The SMILES string of the molecule is CCC(CSC)N(C)C(=O)c1cccc([N+](=O)[O-])c1Br. The molecule has 1 atom stereocenters. The molecule has 0 aromatic heterocycles. The van der Waals surface area contributed by atoms with Crippen molar-refractivity contribution in [1.82, 2.24) is 4.90 Å². The molecule has 0 heterocycles. The number of nitrogens with zero attached hydrogens (tertiary/aromatic N) is 2. The summed E-state index contributed by atoms with van der Waals surface area (Å²) < 4.78 is 0.237. The molecule has 1 unspecified atom stereocenters. The topological polar surface area (TPSA) is 63.5 Å². The first-order valence-corrected chi connectivity index (χ1v) is 8.31. The van der Waals surface area contributed by atoms with E-state index in [1.807, 2.05) is 13.2 Å². The van der Waals surface area contributed by atoms with Crippen LogP contribution in [0.25, 0.3) is 0 Å². The highest BCUT2D eigenvalue weighted by molar-refractivity contribution is 9.10. The zero-order valence-corrected chi connectivity index (χ0v) is 14.0. The first kappa shape index (κ1) is 17.0. The molecule has 5 nitrogen and oxygen atoms in total. The van der Waals surface area contributed by atoms with Crippen molar-refractivity contribution in [2.45, 2.75) is 19.4 Å². The fourth-order valence-corrected chi connectivity index (χ4v) is 3.30. The van der Waals surface area contributed by atoms with Crippen LogP contribution in [0.4, 0.5) is 5.69 Å². The molecule has 0 fully saturated rings. The van der Waals surface area contributed by atoms with Crippen LogP contribution in [0.15, 0.2) is 22.7 Å². The summed E-state index contributed by atoms with van der Waals surface area (Å²) in [7, 11) is 1.73. The number of amides is 1. The summed E-state index contributed by atoms with van der Waals surface area (Å²) >= 11 is 4.84. The quantitative estimate of drug-likeness (QED) is 0.574. The number of hydrogen-bond donors (Lipinski definition) is 0. The first-order chi connectivity index (χ1) is 9.43. The third kappa shape index (κ3) is 3.73. The maximum absolute atomic E-state index is 12.5. The van der Waals surface area contributed by atoms with Gasteiger partial charge in [0.15, 0.2) is 0 Å². The Hall–Kier alpha value is -1.08. The molecule has 7 heteroatoms. The molecule has 0 radical (unpaired) electrons. The average molecular weight is 361 g/mol. The summed E-state index contributed by atoms with van der Waals surface area (Å²) in [6.45, 7) is 2.02. The smallest absolute Gasteiger partial charge is 0.284 e. The van der Waals surface area contributed by atoms with Gasteiger partial charge < -0.3 is 4.90 Å². The molecule has 0 spiro atoms. The number of carbonyl (C=O) groups is 1. The number of halogens is 1. The van der Waals surface area contributed by atoms with Gasteiger partial charge in [-0.3, -0.25) is 14.9 Å². The molecule has 110 valence electrons. The standard InChI is InChI=1S/C13H17BrN2O3S/c1-4-9(8-20-3)15(2)13(17)10-6-5-7-11(12(10)14)16(18)19/h5-7,9H,4,8H2,1-3H3. The molecule has 0 aliphatic heterocycles. The van der Waals surface area contributed by atoms with Gasteiger partial charge in [-0.1, -0.05) is 13.0 Å². The van der Waals surface area contributed by atoms with Crippen LogP contribution in [-0.2, 0) is 0 Å². The van der Waals surface area contributed by atoms with E-state index in [9.17, 15) is 14.9 Å². The molecule has 1 aromatic carbocycles. The van der Waals surface area contributed by atoms with E-state index in [2.05, 4.69) is 15.9 Å². The number of nitro benzene ring substituents is 1. The lowest BCUT2D eigenvalue weighted by Crippen LogP contribution is -2.38. The molecule has 0 aliphatic carbocycles. The summed E-state index contributed by atoms with van der Waals surface area (Å²) in [6, 6.07) is 4.62. The lowest BCUT2D eigenvalue weighted by atomic mass is 10.1. The minimum atomic E-state index is -0.500. The van der Waals surface area contributed by atoms with Crippen LogP contribution in [0.3, 0.4) is 0 Å². The van der Waals surface area contributed by atoms with E-state index < -0.39 is 4.92 Å². The van der Waals surface area contributed by atoms with Gasteiger partial charge in [0.25, 0.3) is 11.6 Å². The molecule has 0 N–H and O–H groups in total. The average Bonchev–Trinajstić information content (AvgIpc) is 2.43. The Balaban J connectivity index is 3.08. The Morgan fingerprint density at radius 3 is 2.70 bits per heavy atom. The number of thioether (sulfide) groups is 1. The second-order valence-corrected chi connectivity index (χ2v) is 6.03. The third-order valence-corrected chi connectivity index (χ3v) is 4.66. The van der Waals surface area contributed by atoms with Crippen LogP contribution in [-0.4, -0.2) is 40.8 Å². The molecule has 0 saturated carbocycles. The fourth-order valence-electron chi connectivity index (χ4n) is 1.88. The van der Waals surface area contributed by atoms with Crippen molar-refractivity contribution in [3.05, 3.63) is 38.3 Å². The molecule has 0 aliphatic rings. The monoisotopic (exact) mass is 360 g/mol. The van der Waals surface area contributed by atoms with Crippen molar-refractivity contribution in [2.24, 2.45) is 0 Å². The summed E-state index contributed by atoms with van der Waals surface area (Å²) in [5.74, 6) is 0.632. The Bertz CT molecular complexity index is 510. The van der Waals surface area contributed by atoms with Crippen LogP contribution in [0.1, 0.15) is 23.7 Å². The minimum Gasteiger partial charge on any atom is -0.338 e. The lowest BCUT2D eigenvalue weighted by Gasteiger charge is -2.27. The van der Waals surface area contributed by atoms with Crippen molar-refractivity contribution in [1.29, 1.82) is 0 Å². The van der Waals surface area contributed by atoms with Crippen LogP contribution in [0.5, 0.6) is 0 Å². The summed E-state index contributed by atoms with van der Waals surface area (Å²) in [4.78, 5) is 24.5. The third-order valence-electron chi connectivity index (χ3n) is 3.10. The highest BCUT2D eigenvalue weighted by Gasteiger charge is 2.24. The Morgan fingerprint density at radius 1 is 1.55 bits per heavy atom. The van der Waals surface area contributed by atoms with Gasteiger partial charge >= 0.3 is 0 Å². The van der Waals surface area contributed by atoms with Crippen LogP contribution in [0.2, 0.25) is 0 Å². The molecule has 1 aromatic rings. The molecule has 0 bridgehead atoms. The zero-order valence-electron chi connectivity index (χ0n) is 11.6. The molecule has 1 amide bonds. The number of benzene rings is 1. The van der Waals surface area contributed by atoms with Crippen LogP contribution >= 0.6 is 27.7 Å². The molecule has 1 rings (SSSR count). The van der Waals surface area contributed by atoms with E-state index in [0.717, 1.165) is 12.2 Å². The van der Waals surface area contributed by atoms with Gasteiger partial charge in [0, 0.05) is 24.9 Å². The van der Waals surface area contributed by atoms with E-state index in [1.54, 1.807) is 29.8 Å². The number of rotatable bonds is 6. The largest absolute Gasteiger partial charge is 0.338 e. The Kier molecular flexibility index (Phi) is 6.48.